The number of anilines is 1. The number of nitrogen functional groups attached to an aromatic ring is 1. The summed E-state index contributed by atoms with van der Waals surface area (Å²) in [5.41, 5.74) is 8.00. The molecule has 2 rings (SSSR count). The molecule has 0 aliphatic heterocycles. The molecule has 0 saturated carbocycles. The van der Waals surface area contributed by atoms with Gasteiger partial charge in [-0.05, 0) is 6.66 Å². The van der Waals surface area contributed by atoms with E-state index in [0.29, 0.717) is 19.9 Å². The van der Waals surface area contributed by atoms with Crippen molar-refractivity contribution in [2.24, 2.45) is 7.05 Å². The monoisotopic (exact) mass is 195 g/mol. The van der Waals surface area contributed by atoms with E-state index in [0.717, 1.165) is 11.2 Å². The Labute approximate surface area is 77.2 Å². The third-order valence-electron chi connectivity index (χ3n) is 1.81. The van der Waals surface area contributed by atoms with E-state index >= 15 is 0 Å². The van der Waals surface area contributed by atoms with Crippen molar-refractivity contribution in [2.75, 3.05) is 12.4 Å². The Bertz CT molecular complexity index is 449. The summed E-state index contributed by atoms with van der Waals surface area (Å²) in [6, 6.07) is 0. The van der Waals surface area contributed by atoms with Crippen LogP contribution < -0.4 is 11.3 Å². The van der Waals surface area contributed by atoms with E-state index < -0.39 is 0 Å². The number of nitrogens with two attached hydrogens (primary N) is 1. The Morgan fingerprint density at radius 3 is 2.92 bits per heavy atom. The van der Waals surface area contributed by atoms with Crippen molar-refractivity contribution in [3.8, 4) is 0 Å². The fraction of sp³-hybridized carbons (Fsp3) is 0.286. The number of aryl methyl sites for hydroxylation is 1. The quantitative estimate of drug-likeness (QED) is 0.644. The van der Waals surface area contributed by atoms with Crippen LogP contribution in [0.2, 0.25) is 0 Å². The molecule has 1 unspecified atom stereocenters. The second kappa shape index (κ2) is 2.92. The first-order valence-corrected chi connectivity index (χ1v) is 5.34. The minimum absolute atomic E-state index is 0.468. The second-order valence-corrected chi connectivity index (χ2v) is 3.66. The fourth-order valence-electron chi connectivity index (χ4n) is 1.14. The van der Waals surface area contributed by atoms with Crippen molar-refractivity contribution >= 4 is 31.1 Å². The van der Waals surface area contributed by atoms with Crippen LogP contribution >= 0.6 is 8.58 Å². The average molecular weight is 195 g/mol. The van der Waals surface area contributed by atoms with Gasteiger partial charge < -0.3 is 10.3 Å². The fourth-order valence-corrected chi connectivity index (χ4v) is 1.59. The number of hydrogen-bond donors (Lipinski definition) is 1. The molecule has 0 fully saturated rings. The molecule has 2 aromatic rings. The van der Waals surface area contributed by atoms with Gasteiger partial charge in [0.05, 0.1) is 6.33 Å². The van der Waals surface area contributed by atoms with Crippen molar-refractivity contribution in [1.82, 2.24) is 19.5 Å². The highest BCUT2D eigenvalue weighted by atomic mass is 31.1. The van der Waals surface area contributed by atoms with Crippen molar-refractivity contribution in [2.45, 2.75) is 0 Å². The maximum Gasteiger partial charge on any atom is 0.165 e. The topological polar surface area (TPSA) is 69.6 Å². The van der Waals surface area contributed by atoms with Crippen LogP contribution in [-0.2, 0) is 7.05 Å². The highest BCUT2D eigenvalue weighted by Gasteiger charge is 2.07. The number of aromatic nitrogens is 4. The number of nitrogens with zero attached hydrogens (tertiary/aromatic N) is 4. The van der Waals surface area contributed by atoms with Gasteiger partial charge in [0.2, 0.25) is 0 Å². The molecule has 6 heteroatoms. The number of imidazole rings is 1. The Morgan fingerprint density at radius 2 is 2.23 bits per heavy atom. The molecule has 0 aromatic carbocycles. The lowest BCUT2D eigenvalue weighted by Gasteiger charge is -1.99. The number of hydrogen-bond acceptors (Lipinski definition) is 4. The molecule has 0 aliphatic carbocycles. The summed E-state index contributed by atoms with van der Waals surface area (Å²) >= 11 is 0. The molecule has 2 N–H and O–H groups in total. The lowest BCUT2D eigenvalue weighted by atomic mass is 10.5. The first-order valence-electron chi connectivity index (χ1n) is 3.84. The van der Waals surface area contributed by atoms with Gasteiger partial charge in [0.1, 0.15) is 5.52 Å². The molecule has 5 nitrogen and oxygen atoms in total. The Kier molecular flexibility index (Phi) is 1.88. The van der Waals surface area contributed by atoms with Crippen LogP contribution in [0.15, 0.2) is 6.33 Å². The SMILES string of the molecule is CPc1nc(N)c2ncn(C)c2n1. The summed E-state index contributed by atoms with van der Waals surface area (Å²) in [5, 5.41) is 0. The van der Waals surface area contributed by atoms with Gasteiger partial charge in [-0.25, -0.2) is 15.0 Å². The van der Waals surface area contributed by atoms with Gasteiger partial charge in [0.25, 0.3) is 0 Å². The van der Waals surface area contributed by atoms with Crippen molar-refractivity contribution in [3.05, 3.63) is 6.33 Å². The van der Waals surface area contributed by atoms with Crippen LogP contribution in [0.3, 0.4) is 0 Å². The van der Waals surface area contributed by atoms with E-state index in [1.165, 1.54) is 0 Å². The molecule has 2 aromatic heterocycles. The second-order valence-electron chi connectivity index (χ2n) is 2.71. The molecule has 0 saturated heterocycles. The minimum Gasteiger partial charge on any atom is -0.382 e. The van der Waals surface area contributed by atoms with E-state index in [9.17, 15) is 0 Å². The third kappa shape index (κ3) is 1.25. The van der Waals surface area contributed by atoms with E-state index in [1.807, 2.05) is 18.3 Å². The Balaban J connectivity index is 2.80. The van der Waals surface area contributed by atoms with Crippen LogP contribution in [-0.4, -0.2) is 26.2 Å². The Hall–Kier alpha value is -1.22. The summed E-state index contributed by atoms with van der Waals surface area (Å²) in [6.45, 7) is 2.02. The smallest absolute Gasteiger partial charge is 0.165 e. The van der Waals surface area contributed by atoms with Gasteiger partial charge in [-0.2, -0.15) is 0 Å². The highest BCUT2D eigenvalue weighted by molar-refractivity contribution is 7.45. The van der Waals surface area contributed by atoms with Gasteiger partial charge in [-0.3, -0.25) is 0 Å². The molecular weight excluding hydrogens is 185 g/mol. The van der Waals surface area contributed by atoms with Crippen LogP contribution in [0.1, 0.15) is 0 Å². The molecule has 0 bridgehead atoms. The normalized spacial score (nSPS) is 11.8. The maximum atomic E-state index is 5.72. The van der Waals surface area contributed by atoms with Crippen molar-refractivity contribution in [1.29, 1.82) is 0 Å². The largest absolute Gasteiger partial charge is 0.382 e. The minimum atomic E-state index is 0.468. The first kappa shape index (κ1) is 8.38. The molecule has 0 aliphatic rings. The zero-order valence-electron chi connectivity index (χ0n) is 7.44. The summed E-state index contributed by atoms with van der Waals surface area (Å²) in [7, 11) is 2.45. The predicted octanol–water partition coefficient (Wildman–Crippen LogP) is -0.121. The van der Waals surface area contributed by atoms with E-state index in [1.54, 1.807) is 6.33 Å². The predicted molar refractivity (Wildman–Crippen MR) is 54.6 cm³/mol. The van der Waals surface area contributed by atoms with Gasteiger partial charge in [-0.15, -0.1) is 0 Å². The Morgan fingerprint density at radius 1 is 1.46 bits per heavy atom. The molecule has 1 atom stereocenters. The zero-order valence-corrected chi connectivity index (χ0v) is 8.44. The molecule has 0 spiro atoms. The summed E-state index contributed by atoms with van der Waals surface area (Å²) in [5.74, 6) is 0.468. The van der Waals surface area contributed by atoms with Crippen LogP contribution in [0.4, 0.5) is 5.82 Å². The van der Waals surface area contributed by atoms with Crippen LogP contribution in [0.25, 0.3) is 11.2 Å². The van der Waals surface area contributed by atoms with Crippen molar-refractivity contribution < 1.29 is 0 Å². The molecule has 0 radical (unpaired) electrons. The van der Waals surface area contributed by atoms with Crippen LogP contribution in [0, 0.1) is 0 Å². The average Bonchev–Trinajstić information content (AvgIpc) is 2.48. The lowest BCUT2D eigenvalue weighted by molar-refractivity contribution is 0.931. The van der Waals surface area contributed by atoms with Crippen LogP contribution in [0.5, 0.6) is 0 Å². The molecule has 68 valence electrons. The van der Waals surface area contributed by atoms with E-state index in [2.05, 4.69) is 15.0 Å². The first-order chi connectivity index (χ1) is 6.22. The van der Waals surface area contributed by atoms with E-state index in [4.69, 9.17) is 5.73 Å². The summed E-state index contributed by atoms with van der Waals surface area (Å²) in [6.07, 6.45) is 1.69. The van der Waals surface area contributed by atoms with E-state index in [-0.39, 0.29) is 0 Å². The summed E-state index contributed by atoms with van der Waals surface area (Å²) in [4.78, 5) is 12.6. The van der Waals surface area contributed by atoms with Gasteiger partial charge in [-0.1, -0.05) is 8.58 Å². The lowest BCUT2D eigenvalue weighted by Crippen LogP contribution is -2.10. The molecule has 2 heterocycles. The number of fused-ring (bicyclic) bond motifs is 1. The molecule has 13 heavy (non-hydrogen) atoms. The third-order valence-corrected chi connectivity index (χ3v) is 2.48. The van der Waals surface area contributed by atoms with Gasteiger partial charge in [0, 0.05) is 7.05 Å². The summed E-state index contributed by atoms with van der Waals surface area (Å²) < 4.78 is 1.84. The van der Waals surface area contributed by atoms with Crippen molar-refractivity contribution in [3.63, 3.8) is 0 Å². The maximum absolute atomic E-state index is 5.72. The zero-order chi connectivity index (χ0) is 9.42. The number of rotatable bonds is 1. The molecule has 0 amide bonds. The highest BCUT2D eigenvalue weighted by Crippen LogP contribution is 2.14. The molecular formula is C7H10N5P. The van der Waals surface area contributed by atoms with Gasteiger partial charge in [0.15, 0.2) is 17.0 Å². The van der Waals surface area contributed by atoms with Gasteiger partial charge >= 0.3 is 0 Å². The standard InChI is InChI=1S/C7H10N5P/c1-12-3-9-4-5(8)10-7(13-2)11-6(4)12/h3,13H,1-2H3,(H2,8,10,11).